The van der Waals surface area contributed by atoms with Crippen molar-refractivity contribution in [1.82, 2.24) is 4.98 Å². The minimum Gasteiger partial charge on any atom is -0.325 e. The Morgan fingerprint density at radius 2 is 2.42 bits per heavy atom. The van der Waals surface area contributed by atoms with E-state index in [2.05, 4.69) is 4.98 Å². The van der Waals surface area contributed by atoms with Crippen LogP contribution >= 0.6 is 0 Å². The van der Waals surface area contributed by atoms with E-state index in [1.54, 1.807) is 24.4 Å². The van der Waals surface area contributed by atoms with E-state index < -0.39 is 0 Å². The van der Waals surface area contributed by atoms with E-state index in [-0.39, 0.29) is 11.9 Å². The van der Waals surface area contributed by atoms with E-state index in [4.69, 9.17) is 5.73 Å². The molecule has 1 aromatic heterocycles. The number of hydrogen-bond acceptors (Lipinski definition) is 2. The molecular weight excluding hydrogens is 155 g/mol. The summed E-state index contributed by atoms with van der Waals surface area (Å²) in [5, 5.41) is 0. The summed E-state index contributed by atoms with van der Waals surface area (Å²) in [7, 11) is 0. The van der Waals surface area contributed by atoms with Crippen molar-refractivity contribution < 1.29 is 4.39 Å². The van der Waals surface area contributed by atoms with Gasteiger partial charge in [-0.25, -0.2) is 4.39 Å². The third-order valence-corrected chi connectivity index (χ3v) is 1.38. The second-order valence-corrected chi connectivity index (χ2v) is 2.62. The number of nitrogens with zero attached hydrogens (tertiary/aromatic N) is 1. The second kappa shape index (κ2) is 3.97. The van der Waals surface area contributed by atoms with Crippen molar-refractivity contribution in [2.75, 3.05) is 0 Å². The summed E-state index contributed by atoms with van der Waals surface area (Å²) in [4.78, 5) is 3.63. The van der Waals surface area contributed by atoms with E-state index >= 15 is 0 Å². The van der Waals surface area contributed by atoms with Crippen molar-refractivity contribution in [3.8, 4) is 0 Å². The molecule has 0 aliphatic carbocycles. The zero-order chi connectivity index (χ0) is 8.97. The Kier molecular flexibility index (Phi) is 2.94. The largest absolute Gasteiger partial charge is 0.325 e. The van der Waals surface area contributed by atoms with Gasteiger partial charge < -0.3 is 5.73 Å². The van der Waals surface area contributed by atoms with Crippen LogP contribution in [0.15, 0.2) is 24.5 Å². The summed E-state index contributed by atoms with van der Waals surface area (Å²) >= 11 is 0. The van der Waals surface area contributed by atoms with Crippen LogP contribution in [0.5, 0.6) is 0 Å². The molecule has 2 N–H and O–H groups in total. The molecule has 0 aliphatic heterocycles. The third-order valence-electron chi connectivity index (χ3n) is 1.38. The summed E-state index contributed by atoms with van der Waals surface area (Å²) in [6, 6.07) is 1.55. The van der Waals surface area contributed by atoms with Crippen LogP contribution in [0.3, 0.4) is 0 Å². The minimum atomic E-state index is -0.325. The van der Waals surface area contributed by atoms with Gasteiger partial charge in [0, 0.05) is 17.8 Å². The van der Waals surface area contributed by atoms with Gasteiger partial charge in [0.15, 0.2) is 0 Å². The standard InChI is InChI=1S/C9H11FN2/c1-7(11)2-3-8-4-5-12-6-9(8)10/h2-7H,11H2,1H3/b3-2+. The lowest BCUT2D eigenvalue weighted by Crippen LogP contribution is -2.09. The first-order valence-electron chi connectivity index (χ1n) is 3.73. The Morgan fingerprint density at radius 1 is 1.67 bits per heavy atom. The van der Waals surface area contributed by atoms with Crippen molar-refractivity contribution in [2.45, 2.75) is 13.0 Å². The number of pyridine rings is 1. The van der Waals surface area contributed by atoms with Gasteiger partial charge in [-0.05, 0) is 13.0 Å². The fraction of sp³-hybridized carbons (Fsp3) is 0.222. The highest BCUT2D eigenvalue weighted by Gasteiger charge is 1.95. The fourth-order valence-electron chi connectivity index (χ4n) is 0.777. The highest BCUT2D eigenvalue weighted by atomic mass is 19.1. The summed E-state index contributed by atoms with van der Waals surface area (Å²) in [5.74, 6) is -0.325. The zero-order valence-electron chi connectivity index (χ0n) is 6.87. The van der Waals surface area contributed by atoms with Gasteiger partial charge in [0.2, 0.25) is 0 Å². The molecule has 1 heterocycles. The van der Waals surface area contributed by atoms with Crippen LogP contribution < -0.4 is 5.73 Å². The Labute approximate surface area is 70.9 Å². The van der Waals surface area contributed by atoms with E-state index in [1.807, 2.05) is 6.92 Å². The van der Waals surface area contributed by atoms with Gasteiger partial charge in [-0.1, -0.05) is 12.2 Å². The monoisotopic (exact) mass is 166 g/mol. The van der Waals surface area contributed by atoms with Crippen LogP contribution in [-0.2, 0) is 0 Å². The molecule has 0 amide bonds. The molecule has 0 saturated carbocycles. The number of nitrogens with two attached hydrogens (primary N) is 1. The van der Waals surface area contributed by atoms with Gasteiger partial charge in [0.05, 0.1) is 6.20 Å². The number of aromatic nitrogens is 1. The first kappa shape index (κ1) is 8.87. The van der Waals surface area contributed by atoms with Crippen LogP contribution in [0, 0.1) is 5.82 Å². The lowest BCUT2D eigenvalue weighted by atomic mass is 10.2. The molecule has 0 fully saturated rings. The molecule has 2 nitrogen and oxygen atoms in total. The zero-order valence-corrected chi connectivity index (χ0v) is 6.87. The molecule has 0 bridgehead atoms. The van der Waals surface area contributed by atoms with Crippen LogP contribution in [0.4, 0.5) is 4.39 Å². The molecule has 0 spiro atoms. The van der Waals surface area contributed by atoms with Crippen molar-refractivity contribution in [3.05, 3.63) is 35.9 Å². The van der Waals surface area contributed by atoms with Gasteiger partial charge in [0.25, 0.3) is 0 Å². The van der Waals surface area contributed by atoms with Gasteiger partial charge >= 0.3 is 0 Å². The number of hydrogen-bond donors (Lipinski definition) is 1. The molecule has 0 aromatic carbocycles. The smallest absolute Gasteiger partial charge is 0.148 e. The molecule has 1 unspecified atom stereocenters. The summed E-state index contributed by atoms with van der Waals surface area (Å²) in [6.45, 7) is 1.83. The topological polar surface area (TPSA) is 38.9 Å². The average molecular weight is 166 g/mol. The first-order valence-corrected chi connectivity index (χ1v) is 3.73. The maximum atomic E-state index is 12.9. The molecule has 1 atom stereocenters. The van der Waals surface area contributed by atoms with Gasteiger partial charge in [-0.3, -0.25) is 4.98 Å². The fourth-order valence-corrected chi connectivity index (χ4v) is 0.777. The molecular formula is C9H11FN2. The Balaban J connectivity index is 2.82. The number of halogens is 1. The van der Waals surface area contributed by atoms with Gasteiger partial charge in [-0.2, -0.15) is 0 Å². The van der Waals surface area contributed by atoms with Crippen molar-refractivity contribution in [1.29, 1.82) is 0 Å². The third kappa shape index (κ3) is 2.43. The highest BCUT2D eigenvalue weighted by Crippen LogP contribution is 2.06. The van der Waals surface area contributed by atoms with Gasteiger partial charge in [0.1, 0.15) is 5.82 Å². The molecule has 0 saturated heterocycles. The summed E-state index contributed by atoms with van der Waals surface area (Å²) < 4.78 is 12.9. The van der Waals surface area contributed by atoms with E-state index in [0.717, 1.165) is 0 Å². The van der Waals surface area contributed by atoms with Gasteiger partial charge in [-0.15, -0.1) is 0 Å². The molecule has 0 aliphatic rings. The van der Waals surface area contributed by atoms with Crippen LogP contribution in [0.2, 0.25) is 0 Å². The summed E-state index contributed by atoms with van der Waals surface area (Å²) in [6.07, 6.45) is 6.12. The lowest BCUT2D eigenvalue weighted by molar-refractivity contribution is 0.618. The lowest BCUT2D eigenvalue weighted by Gasteiger charge is -1.96. The molecule has 3 heteroatoms. The van der Waals surface area contributed by atoms with Crippen LogP contribution in [0.1, 0.15) is 12.5 Å². The SMILES string of the molecule is CC(N)/C=C/c1ccncc1F. The van der Waals surface area contributed by atoms with Crippen LogP contribution in [-0.4, -0.2) is 11.0 Å². The normalized spacial score (nSPS) is 13.6. The van der Waals surface area contributed by atoms with E-state index in [1.165, 1.54) is 6.20 Å². The first-order chi connectivity index (χ1) is 5.70. The van der Waals surface area contributed by atoms with E-state index in [0.29, 0.717) is 5.56 Å². The van der Waals surface area contributed by atoms with Crippen LogP contribution in [0.25, 0.3) is 6.08 Å². The Hall–Kier alpha value is -1.22. The number of rotatable bonds is 2. The van der Waals surface area contributed by atoms with E-state index in [9.17, 15) is 4.39 Å². The molecule has 1 rings (SSSR count). The quantitative estimate of drug-likeness (QED) is 0.724. The summed E-state index contributed by atoms with van der Waals surface area (Å²) in [5.41, 5.74) is 5.98. The average Bonchev–Trinajstić information content (AvgIpc) is 2.03. The maximum absolute atomic E-state index is 12.9. The second-order valence-electron chi connectivity index (χ2n) is 2.62. The van der Waals surface area contributed by atoms with Crippen molar-refractivity contribution in [2.24, 2.45) is 5.73 Å². The Bertz CT molecular complexity index is 282. The van der Waals surface area contributed by atoms with Crippen molar-refractivity contribution in [3.63, 3.8) is 0 Å². The molecule has 0 radical (unpaired) electrons. The van der Waals surface area contributed by atoms with Crippen molar-refractivity contribution >= 4 is 6.08 Å². The predicted molar refractivity (Wildman–Crippen MR) is 46.9 cm³/mol. The highest BCUT2D eigenvalue weighted by molar-refractivity contribution is 5.49. The molecule has 64 valence electrons. The maximum Gasteiger partial charge on any atom is 0.148 e. The molecule has 12 heavy (non-hydrogen) atoms. The predicted octanol–water partition coefficient (Wildman–Crippen LogP) is 1.58. The Morgan fingerprint density at radius 3 is 3.00 bits per heavy atom. The minimum absolute atomic E-state index is 0.0578. The molecule has 1 aromatic rings.